The summed E-state index contributed by atoms with van der Waals surface area (Å²) in [6, 6.07) is 6.28. The Hall–Kier alpha value is -2.42. The Morgan fingerprint density at radius 1 is 1.12 bits per heavy atom. The van der Waals surface area contributed by atoms with Crippen LogP contribution in [0.3, 0.4) is 0 Å². The molecule has 24 heavy (non-hydrogen) atoms. The van der Waals surface area contributed by atoms with Crippen molar-refractivity contribution in [1.82, 2.24) is 4.57 Å². The molecule has 3 nitrogen and oxygen atoms in total. The second-order valence-corrected chi connectivity index (χ2v) is 7.20. The predicted molar refractivity (Wildman–Crippen MR) is 100 cm³/mol. The molecule has 2 aromatic carbocycles. The van der Waals surface area contributed by atoms with Crippen molar-refractivity contribution < 1.29 is 9.47 Å². The molecule has 0 amide bonds. The Kier molecular flexibility index (Phi) is 3.02. The molecule has 0 spiro atoms. The summed E-state index contributed by atoms with van der Waals surface area (Å²) in [5.74, 6) is 1.88. The number of ether oxygens (including phenoxy) is 2. The third-order valence-electron chi connectivity index (χ3n) is 5.14. The van der Waals surface area contributed by atoms with Gasteiger partial charge in [-0.1, -0.05) is 6.08 Å². The van der Waals surface area contributed by atoms with Crippen LogP contribution < -0.4 is 9.47 Å². The van der Waals surface area contributed by atoms with E-state index in [1.807, 2.05) is 6.07 Å². The van der Waals surface area contributed by atoms with Gasteiger partial charge in [-0.2, -0.15) is 0 Å². The van der Waals surface area contributed by atoms with Crippen molar-refractivity contribution in [3.63, 3.8) is 0 Å². The molecule has 3 aromatic rings. The van der Waals surface area contributed by atoms with E-state index in [0.717, 1.165) is 11.5 Å². The lowest BCUT2D eigenvalue weighted by Crippen LogP contribution is -2.28. The molecule has 1 aliphatic heterocycles. The van der Waals surface area contributed by atoms with Gasteiger partial charge in [0.1, 0.15) is 17.1 Å². The molecule has 0 saturated carbocycles. The third kappa shape index (κ3) is 1.90. The lowest BCUT2D eigenvalue weighted by atomic mass is 9.93. The fourth-order valence-corrected chi connectivity index (χ4v) is 3.90. The fourth-order valence-electron chi connectivity index (χ4n) is 3.90. The van der Waals surface area contributed by atoms with Crippen molar-refractivity contribution in [3.8, 4) is 11.5 Å². The molecule has 0 radical (unpaired) electrons. The Balaban J connectivity index is 2.20. The van der Waals surface area contributed by atoms with Gasteiger partial charge in [-0.25, -0.2) is 0 Å². The van der Waals surface area contributed by atoms with E-state index in [1.165, 1.54) is 38.5 Å². The van der Waals surface area contributed by atoms with Gasteiger partial charge in [0.25, 0.3) is 0 Å². The molecular weight excluding hydrogens is 298 g/mol. The predicted octanol–water partition coefficient (Wildman–Crippen LogP) is 5.14. The van der Waals surface area contributed by atoms with Crippen LogP contribution >= 0.6 is 0 Å². The Morgan fingerprint density at radius 2 is 1.88 bits per heavy atom. The van der Waals surface area contributed by atoms with Gasteiger partial charge >= 0.3 is 0 Å². The van der Waals surface area contributed by atoms with Crippen molar-refractivity contribution in [2.45, 2.75) is 33.3 Å². The maximum Gasteiger partial charge on any atom is 0.131 e. The van der Waals surface area contributed by atoms with E-state index in [-0.39, 0.29) is 5.60 Å². The van der Waals surface area contributed by atoms with E-state index in [4.69, 9.17) is 9.47 Å². The number of fused-ring (bicyclic) bond motifs is 4. The zero-order chi connectivity index (χ0) is 17.2. The van der Waals surface area contributed by atoms with Crippen LogP contribution in [-0.2, 0) is 7.05 Å². The van der Waals surface area contributed by atoms with Gasteiger partial charge in [-0.3, -0.25) is 0 Å². The van der Waals surface area contributed by atoms with Crippen molar-refractivity contribution in [1.29, 1.82) is 0 Å². The second-order valence-electron chi connectivity index (χ2n) is 7.20. The van der Waals surface area contributed by atoms with Crippen LogP contribution in [0.1, 0.15) is 30.5 Å². The molecule has 0 saturated heterocycles. The van der Waals surface area contributed by atoms with E-state index >= 15 is 0 Å². The topological polar surface area (TPSA) is 23.4 Å². The summed E-state index contributed by atoms with van der Waals surface area (Å²) in [5.41, 5.74) is 5.85. The van der Waals surface area contributed by atoms with Crippen LogP contribution in [0.25, 0.3) is 27.9 Å². The Bertz CT molecular complexity index is 1020. The van der Waals surface area contributed by atoms with E-state index < -0.39 is 0 Å². The molecule has 0 N–H and O–H groups in total. The molecule has 1 aromatic heterocycles. The first-order valence-corrected chi connectivity index (χ1v) is 8.31. The van der Waals surface area contributed by atoms with Crippen molar-refractivity contribution in [2.75, 3.05) is 7.11 Å². The quantitative estimate of drug-likeness (QED) is 0.619. The summed E-state index contributed by atoms with van der Waals surface area (Å²) in [6.07, 6.45) is 4.35. The number of methoxy groups -OCH3 is 1. The highest BCUT2D eigenvalue weighted by Gasteiger charge is 2.27. The minimum atomic E-state index is -0.278. The average Bonchev–Trinajstić information content (AvgIpc) is 2.84. The summed E-state index contributed by atoms with van der Waals surface area (Å²) >= 11 is 0. The summed E-state index contributed by atoms with van der Waals surface area (Å²) in [5, 5.41) is 2.47. The van der Waals surface area contributed by atoms with Crippen molar-refractivity contribution >= 4 is 27.9 Å². The molecule has 4 rings (SSSR count). The summed E-state index contributed by atoms with van der Waals surface area (Å²) < 4.78 is 14.0. The van der Waals surface area contributed by atoms with Crippen LogP contribution in [0.4, 0.5) is 0 Å². The number of aryl methyl sites for hydroxylation is 3. The molecule has 2 heterocycles. The van der Waals surface area contributed by atoms with Gasteiger partial charge in [0.05, 0.1) is 12.6 Å². The summed E-state index contributed by atoms with van der Waals surface area (Å²) in [6.45, 7) is 8.53. The number of hydrogen-bond donors (Lipinski definition) is 0. The fraction of sp³-hybridized carbons (Fsp3) is 0.333. The third-order valence-corrected chi connectivity index (χ3v) is 5.14. The van der Waals surface area contributed by atoms with Gasteiger partial charge < -0.3 is 14.0 Å². The molecule has 0 bridgehead atoms. The van der Waals surface area contributed by atoms with E-state index in [0.29, 0.717) is 0 Å². The van der Waals surface area contributed by atoms with Gasteiger partial charge in [-0.15, -0.1) is 0 Å². The number of hydrogen-bond acceptors (Lipinski definition) is 2. The minimum Gasteiger partial charge on any atom is -0.497 e. The molecule has 0 atom stereocenters. The Labute approximate surface area is 142 Å². The van der Waals surface area contributed by atoms with Crippen molar-refractivity contribution in [3.05, 3.63) is 41.0 Å². The average molecular weight is 321 g/mol. The zero-order valence-corrected chi connectivity index (χ0v) is 15.2. The highest BCUT2D eigenvalue weighted by molar-refractivity contribution is 6.13. The number of aromatic nitrogens is 1. The molecular formula is C21H23NO2. The first-order chi connectivity index (χ1) is 11.3. The molecule has 0 unspecified atom stereocenters. The van der Waals surface area contributed by atoms with Crippen LogP contribution in [0.2, 0.25) is 0 Å². The number of nitrogens with zero attached hydrogens (tertiary/aromatic N) is 1. The van der Waals surface area contributed by atoms with E-state index in [2.05, 4.69) is 63.6 Å². The molecule has 3 heteroatoms. The number of rotatable bonds is 1. The van der Waals surface area contributed by atoms with Crippen LogP contribution in [0, 0.1) is 13.8 Å². The van der Waals surface area contributed by atoms with Crippen LogP contribution in [0.15, 0.2) is 24.3 Å². The smallest absolute Gasteiger partial charge is 0.131 e. The minimum absolute atomic E-state index is 0.278. The summed E-state index contributed by atoms with van der Waals surface area (Å²) in [4.78, 5) is 0. The highest BCUT2D eigenvalue weighted by atomic mass is 16.5. The lowest BCUT2D eigenvalue weighted by Gasteiger charge is -2.30. The number of benzene rings is 2. The van der Waals surface area contributed by atoms with E-state index in [1.54, 1.807) is 7.11 Å². The second kappa shape index (κ2) is 4.79. The summed E-state index contributed by atoms with van der Waals surface area (Å²) in [7, 11) is 3.84. The van der Waals surface area contributed by atoms with Gasteiger partial charge in [-0.05, 0) is 57.5 Å². The van der Waals surface area contributed by atoms with Gasteiger partial charge in [0, 0.05) is 34.5 Å². The first kappa shape index (κ1) is 15.1. The normalized spacial score (nSPS) is 15.6. The largest absolute Gasteiger partial charge is 0.497 e. The maximum absolute atomic E-state index is 6.33. The maximum atomic E-state index is 6.33. The monoisotopic (exact) mass is 321 g/mol. The van der Waals surface area contributed by atoms with E-state index in [9.17, 15) is 0 Å². The zero-order valence-electron chi connectivity index (χ0n) is 15.2. The molecule has 0 fully saturated rings. The van der Waals surface area contributed by atoms with Gasteiger partial charge in [0.2, 0.25) is 0 Å². The van der Waals surface area contributed by atoms with Crippen LogP contribution in [-0.4, -0.2) is 17.3 Å². The van der Waals surface area contributed by atoms with Crippen molar-refractivity contribution in [2.24, 2.45) is 7.05 Å². The Morgan fingerprint density at radius 3 is 2.58 bits per heavy atom. The van der Waals surface area contributed by atoms with Crippen LogP contribution in [0.5, 0.6) is 11.5 Å². The molecule has 124 valence electrons. The highest BCUT2D eigenvalue weighted by Crippen LogP contribution is 2.44. The lowest BCUT2D eigenvalue weighted by molar-refractivity contribution is 0.158. The molecule has 1 aliphatic rings. The van der Waals surface area contributed by atoms with Gasteiger partial charge in [0.15, 0.2) is 0 Å². The SMILES string of the molecule is COc1ccc2c(c1)c1c(C)c3c(c(C)c1n2C)C=CC(C)(C)O3. The standard InChI is InChI=1S/C21H23NO2/c1-12-15-9-10-21(3,4)24-20(15)13(2)18-16-11-14(23-6)7-8-17(16)22(5)19(12)18/h7-11H,1-6H3. The molecule has 0 aliphatic carbocycles. The first-order valence-electron chi connectivity index (χ1n) is 8.31.